The first-order valence-corrected chi connectivity index (χ1v) is 43.2. The largest absolute Gasteiger partial charge is 0.748 e. The number of hydrogen-bond acceptors (Lipinski definition) is 24. The molecule has 8 amide bonds. The summed E-state index contributed by atoms with van der Waals surface area (Å²) < 4.78 is 37.6. The summed E-state index contributed by atoms with van der Waals surface area (Å²) in [6, 6.07) is 22.9. The molecule has 36 nitrogen and oxygen atoms in total. The lowest BCUT2D eigenvalue weighted by atomic mass is 9.79. The normalized spacial score (nSPS) is 20.8. The molecule has 8 rings (SSSR count). The van der Waals surface area contributed by atoms with Gasteiger partial charge in [0.25, 0.3) is 11.8 Å². The van der Waals surface area contributed by atoms with Gasteiger partial charge in [0.15, 0.2) is 11.7 Å². The molecule has 3 aliphatic heterocycles. The van der Waals surface area contributed by atoms with Gasteiger partial charge in [0.05, 0.1) is 53.9 Å². The molecular weight excluding hydrogens is 1630 g/mol. The zero-order valence-corrected chi connectivity index (χ0v) is 70.9. The molecule has 676 valence electrons. The first-order valence-electron chi connectivity index (χ1n) is 41.7. The monoisotopic (exact) mass is 1750 g/mol. The number of carbonyl (C=O) groups is 9. The minimum Gasteiger partial charge on any atom is -0.748 e. The van der Waals surface area contributed by atoms with E-state index in [0.717, 1.165) is 56.9 Å². The number of hydrogen-bond donors (Lipinski definition) is 21. The van der Waals surface area contributed by atoms with Gasteiger partial charge in [0.2, 0.25) is 41.1 Å². The van der Waals surface area contributed by atoms with E-state index in [1.54, 1.807) is 60.7 Å². The van der Waals surface area contributed by atoms with Crippen LogP contribution in [0.1, 0.15) is 167 Å². The molecule has 0 aromatic heterocycles. The van der Waals surface area contributed by atoms with Crippen molar-refractivity contribution in [2.24, 2.45) is 16.5 Å². The van der Waals surface area contributed by atoms with Crippen molar-refractivity contribution in [2.45, 2.75) is 214 Å². The van der Waals surface area contributed by atoms with E-state index in [2.05, 4.69) is 70.3 Å². The third kappa shape index (κ3) is 27.7. The van der Waals surface area contributed by atoms with Gasteiger partial charge in [-0.05, 0) is 161 Å². The van der Waals surface area contributed by atoms with Crippen molar-refractivity contribution >= 4 is 92.0 Å². The van der Waals surface area contributed by atoms with Crippen molar-refractivity contribution < 1.29 is 117 Å². The van der Waals surface area contributed by atoms with Gasteiger partial charge in [-0.15, -0.1) is 0 Å². The van der Waals surface area contributed by atoms with E-state index >= 15 is 0 Å². The zero-order valence-electron chi connectivity index (χ0n) is 70.1. The number of aliphatic hydroxyl groups excluding tert-OH is 10. The second-order valence-corrected chi connectivity index (χ2v) is 34.0. The molecule has 3 heterocycles. The van der Waals surface area contributed by atoms with Crippen molar-refractivity contribution in [3.63, 3.8) is 0 Å². The summed E-state index contributed by atoms with van der Waals surface area (Å²) in [7, 11) is -4.53. The number of carboxylic acids is 1. The van der Waals surface area contributed by atoms with Crippen LogP contribution in [0.5, 0.6) is 0 Å². The topological polar surface area (TPSA) is 600 Å². The van der Waals surface area contributed by atoms with Crippen molar-refractivity contribution in [3.8, 4) is 0 Å². The van der Waals surface area contributed by atoms with Gasteiger partial charge >= 0.3 is 5.97 Å². The van der Waals surface area contributed by atoms with Crippen LogP contribution >= 0.6 is 0 Å². The third-order valence-electron chi connectivity index (χ3n) is 22.5. The van der Waals surface area contributed by atoms with E-state index in [1.807, 2.05) is 75.1 Å². The van der Waals surface area contributed by atoms with E-state index in [-0.39, 0.29) is 87.6 Å². The van der Waals surface area contributed by atoms with Gasteiger partial charge in [-0.2, -0.15) is 4.58 Å². The van der Waals surface area contributed by atoms with Gasteiger partial charge in [-0.25, -0.2) is 8.42 Å². The highest BCUT2D eigenvalue weighted by Crippen LogP contribution is 2.49. The molecule has 1 aliphatic carbocycles. The summed E-state index contributed by atoms with van der Waals surface area (Å²) in [6.45, 7) is 5.40. The number of amides is 8. The molecule has 12 atom stereocenters. The Kier molecular flexibility index (Phi) is 36.9. The van der Waals surface area contributed by atoms with Gasteiger partial charge in [-0.1, -0.05) is 86.7 Å². The lowest BCUT2D eigenvalue weighted by molar-refractivity contribution is -0.438. The Labute approximate surface area is 719 Å². The average Bonchev–Trinajstić information content (AvgIpc) is 1.59. The number of carbonyl (C=O) groups excluding carboxylic acids is 8. The van der Waals surface area contributed by atoms with Crippen molar-refractivity contribution in [2.75, 3.05) is 69.7 Å². The zero-order chi connectivity index (χ0) is 90.8. The molecule has 0 saturated carbocycles. The number of carboxylic acid groups (broad SMARTS) is 1. The molecule has 4 aliphatic rings. The Bertz CT molecular complexity index is 4730. The van der Waals surface area contributed by atoms with Crippen LogP contribution in [0.25, 0.3) is 5.57 Å². The number of nitrogens with one attached hydrogen (secondary N) is 8. The molecule has 1 fully saturated rings. The fourth-order valence-corrected chi connectivity index (χ4v) is 16.1. The summed E-state index contributed by atoms with van der Waals surface area (Å²) in [5.74, 6) is -8.12. The fraction of sp³-hybridized carbons (Fsp3) is 0.506. The number of unbranched alkanes of at least 4 members (excludes halogenated alkanes) is 4. The van der Waals surface area contributed by atoms with Crippen LogP contribution in [0.2, 0.25) is 0 Å². The summed E-state index contributed by atoms with van der Waals surface area (Å²) in [4.78, 5) is 129. The van der Waals surface area contributed by atoms with Gasteiger partial charge < -0.3 is 120 Å². The standard InChI is InChI=1S/C87H119N13O23S/c1-86(2)57-43-55(79(115)92-46-65(103)75(111)77(113)67(105)49-101)29-33-63(57)99(39-15-7-12-28-71(107)90-37-14-13-26-60-82(118)96-59(27-19-38-91-85(88)89)81(117)94-48-72(108)95-62(45-73(109)110)84(120)98-61(83(119)97-60)42-51-20-8-5-9-21-51)69(86)35-31-53-24-18-25-54(74(53)52-22-10-6-11-23-52)32-36-70-87(3,4)58-44-56(30-34-64(58)100(70)40-16-17-41-124(121,122)123)80(116)93-47-66(104)76(112)78(114)68(106)50-102/h5-6,8-11,20-23,29-36,43-44,59-62,65-68,75-78,101-106,111-114H,7,12-19,24-28,37-42,45-50H2,1-4H3,(H13-,88,89,90,91,92,93,94,95,96,97,98,107,108,109,110,115,116,117,118,119,120,121,122,123)/t59-,60?,61+,62-,65?,66?,67?,68?,75?,76?,77?,78?/m0/s1. The van der Waals surface area contributed by atoms with E-state index in [9.17, 15) is 112 Å². The van der Waals surface area contributed by atoms with Crippen LogP contribution in [0.15, 0.2) is 143 Å². The Morgan fingerprint density at radius 1 is 0.621 bits per heavy atom. The van der Waals surface area contributed by atoms with Crippen molar-refractivity contribution in [3.05, 3.63) is 172 Å². The van der Waals surface area contributed by atoms with Crippen LogP contribution in [0.3, 0.4) is 0 Å². The Hall–Kier alpha value is -10.7. The smallest absolute Gasteiger partial charge is 0.305 e. The lowest BCUT2D eigenvalue weighted by Crippen LogP contribution is -2.58. The minimum absolute atomic E-state index is 0.0240. The molecule has 37 heteroatoms. The van der Waals surface area contributed by atoms with Crippen LogP contribution in [0.4, 0.5) is 11.4 Å². The highest BCUT2D eigenvalue weighted by molar-refractivity contribution is 7.85. The Morgan fingerprint density at radius 2 is 1.19 bits per heavy atom. The minimum atomic E-state index is -4.53. The Balaban J connectivity index is 1.03. The molecule has 1 saturated heterocycles. The number of nitrogens with two attached hydrogens (primary N) is 2. The molecule has 4 aromatic carbocycles. The van der Waals surface area contributed by atoms with Gasteiger partial charge in [0, 0.05) is 103 Å². The first kappa shape index (κ1) is 98.8. The van der Waals surface area contributed by atoms with Crippen LogP contribution < -0.4 is 58.9 Å². The maximum absolute atomic E-state index is 14.4. The predicted octanol–water partition coefficient (Wildman–Crippen LogP) is -0.792. The average molecular weight is 1750 g/mol. The number of allylic oxidation sites excluding steroid dienone is 8. The Morgan fingerprint density at radius 3 is 1.81 bits per heavy atom. The summed E-state index contributed by atoms with van der Waals surface area (Å²) in [5, 5.41) is 132. The number of rotatable bonds is 42. The number of aliphatic imine (C=N–C) groups is 1. The number of aliphatic carboxylic acids is 1. The number of aliphatic hydroxyl groups is 10. The van der Waals surface area contributed by atoms with E-state index in [1.165, 1.54) is 0 Å². The second-order valence-electron chi connectivity index (χ2n) is 32.5. The summed E-state index contributed by atoms with van der Waals surface area (Å²) in [5.41, 5.74) is 18.9. The lowest BCUT2D eigenvalue weighted by Gasteiger charge is -2.28. The summed E-state index contributed by atoms with van der Waals surface area (Å²) in [6.07, 6.45) is -2.56. The third-order valence-corrected chi connectivity index (χ3v) is 23.3. The highest BCUT2D eigenvalue weighted by atomic mass is 32.2. The van der Waals surface area contributed by atoms with Crippen LogP contribution in [-0.2, 0) is 60.9 Å². The van der Waals surface area contributed by atoms with Crippen LogP contribution in [0, 0.1) is 0 Å². The molecule has 0 spiro atoms. The molecule has 0 bridgehead atoms. The quantitative estimate of drug-likeness (QED) is 0.00850. The number of fused-ring (bicyclic) bond motifs is 2. The molecule has 124 heavy (non-hydrogen) atoms. The fourth-order valence-electron chi connectivity index (χ4n) is 15.6. The maximum Gasteiger partial charge on any atom is 0.305 e. The van der Waals surface area contributed by atoms with Crippen molar-refractivity contribution in [1.29, 1.82) is 0 Å². The number of benzene rings is 4. The number of anilines is 1. The van der Waals surface area contributed by atoms with Crippen molar-refractivity contribution in [1.82, 2.24) is 42.5 Å². The van der Waals surface area contributed by atoms with Gasteiger partial charge in [-0.3, -0.25) is 48.1 Å². The van der Waals surface area contributed by atoms with E-state index in [0.29, 0.717) is 62.7 Å². The highest BCUT2D eigenvalue weighted by Gasteiger charge is 2.46. The SMILES string of the molecule is CC1(C)C(/C=C/C2=C(c3ccccc3)C(=C/C=C3/N(CCCCS(=O)(=O)[O-])c4ccc(C(=O)NCC(O)C(O)C(O)C(O)CO)cc4C3(C)C)/CCC2)=[N+](CCCCCC(=O)NCCCCC2NC(=O)[C@@H](Cc3ccccc3)NC(=O)[C@H](CC(=O)O)NC(=O)CNC(=O)[C@H](CCCN=C(N)N)NC2=O)c2ccc(C(=O)NCC(O)C(O)C(O)C(O)CO)cc21. The second kappa shape index (κ2) is 46.3. The predicted molar refractivity (Wildman–Crippen MR) is 458 cm³/mol. The molecule has 9 unspecified atom stereocenters. The number of nitrogens with zero attached hydrogens (tertiary/aromatic N) is 3. The molecule has 4 aromatic rings. The molecule has 23 N–H and O–H groups in total. The number of guanidine groups is 1. The summed E-state index contributed by atoms with van der Waals surface area (Å²) >= 11 is 0. The van der Waals surface area contributed by atoms with E-state index < -0.39 is 186 Å². The molecule has 0 radical (unpaired) electrons. The maximum atomic E-state index is 14.4. The van der Waals surface area contributed by atoms with E-state index in [4.69, 9.17) is 11.5 Å². The first-order chi connectivity index (χ1) is 58.8. The molecular formula is C87H119N13O23S. The van der Waals surface area contributed by atoms with Crippen LogP contribution in [-0.4, -0.2) is 276 Å². The van der Waals surface area contributed by atoms with Gasteiger partial charge in [0.1, 0.15) is 67.3 Å².